The van der Waals surface area contributed by atoms with E-state index in [-0.39, 0.29) is 0 Å². The van der Waals surface area contributed by atoms with Crippen molar-refractivity contribution in [2.24, 2.45) is 0 Å². The Balaban J connectivity index is 1.81. The van der Waals surface area contributed by atoms with E-state index in [9.17, 15) is 0 Å². The second-order valence-electron chi connectivity index (χ2n) is 4.41. The average molecular weight is 256 g/mol. The minimum atomic E-state index is 0.595. The van der Waals surface area contributed by atoms with E-state index in [1.165, 1.54) is 5.56 Å². The molecule has 0 radical (unpaired) electrons. The second kappa shape index (κ2) is 6.12. The molecule has 0 unspecified atom stereocenters. The minimum absolute atomic E-state index is 0.595. The first-order valence-electron chi connectivity index (χ1n) is 6.18. The van der Waals surface area contributed by atoms with Crippen molar-refractivity contribution in [3.63, 3.8) is 0 Å². The molecular weight excluding hydrogens is 240 g/mol. The van der Waals surface area contributed by atoms with Crippen LogP contribution in [0.25, 0.3) is 0 Å². The van der Waals surface area contributed by atoms with Crippen LogP contribution in [-0.4, -0.2) is 16.7 Å². The van der Waals surface area contributed by atoms with Crippen molar-refractivity contribution in [2.75, 3.05) is 6.54 Å². The maximum Gasteiger partial charge on any atom is 0.223 e. The zero-order valence-corrected chi connectivity index (χ0v) is 11.1. The monoisotopic (exact) mass is 256 g/mol. The van der Waals surface area contributed by atoms with Crippen molar-refractivity contribution in [2.45, 2.75) is 26.8 Å². The minimum Gasteiger partial charge on any atom is -0.340 e. The number of rotatable bonds is 5. The van der Waals surface area contributed by atoms with Gasteiger partial charge >= 0.3 is 0 Å². The fourth-order valence-corrected chi connectivity index (χ4v) is 1.83. The summed E-state index contributed by atoms with van der Waals surface area (Å²) in [6, 6.07) is 7.87. The van der Waals surface area contributed by atoms with Crippen molar-refractivity contribution in [1.82, 2.24) is 15.5 Å². The van der Waals surface area contributed by atoms with Crippen LogP contribution in [0.5, 0.6) is 0 Å². The van der Waals surface area contributed by atoms with Crippen LogP contribution >= 0.6 is 0 Å². The summed E-state index contributed by atoms with van der Waals surface area (Å²) in [6.45, 7) is 5.36. The second-order valence-corrected chi connectivity index (χ2v) is 4.41. The molecule has 0 amide bonds. The van der Waals surface area contributed by atoms with Gasteiger partial charge in [0.05, 0.1) is 11.6 Å². The molecule has 0 aliphatic carbocycles. The highest BCUT2D eigenvalue weighted by molar-refractivity contribution is 5.37. The molecule has 2 aromatic rings. The Labute approximate surface area is 112 Å². The lowest BCUT2D eigenvalue weighted by atomic mass is 10.1. The number of nitrogens with zero attached hydrogens (tertiary/aromatic N) is 3. The number of nitrogens with one attached hydrogen (secondary N) is 1. The molecule has 0 aliphatic rings. The number of aryl methyl sites for hydroxylation is 2. The predicted molar refractivity (Wildman–Crippen MR) is 70.3 cm³/mol. The van der Waals surface area contributed by atoms with Crippen molar-refractivity contribution >= 4 is 0 Å². The lowest BCUT2D eigenvalue weighted by molar-refractivity contribution is 0.387. The van der Waals surface area contributed by atoms with Crippen molar-refractivity contribution in [3.05, 3.63) is 46.6 Å². The van der Waals surface area contributed by atoms with E-state index >= 15 is 0 Å². The molecule has 5 nitrogen and oxygen atoms in total. The molecule has 0 atom stereocenters. The number of nitriles is 1. The van der Waals surface area contributed by atoms with Crippen LogP contribution in [0.1, 0.15) is 28.4 Å². The summed E-state index contributed by atoms with van der Waals surface area (Å²) in [7, 11) is 0. The Hall–Kier alpha value is -2.19. The van der Waals surface area contributed by atoms with E-state index in [1.54, 1.807) is 6.92 Å². The van der Waals surface area contributed by atoms with Crippen LogP contribution in [-0.2, 0) is 13.0 Å². The van der Waals surface area contributed by atoms with Gasteiger partial charge in [0.2, 0.25) is 5.89 Å². The topological polar surface area (TPSA) is 74.7 Å². The summed E-state index contributed by atoms with van der Waals surface area (Å²) in [5, 5.41) is 16.0. The summed E-state index contributed by atoms with van der Waals surface area (Å²) >= 11 is 0. The van der Waals surface area contributed by atoms with Gasteiger partial charge in [-0.25, -0.2) is 0 Å². The zero-order valence-electron chi connectivity index (χ0n) is 11.1. The highest BCUT2D eigenvalue weighted by atomic mass is 16.5. The lowest BCUT2D eigenvalue weighted by Gasteiger charge is -2.07. The SMILES string of the molecule is Cc1nc(CCNCc2ccc(C#N)cc2C)no1. The van der Waals surface area contributed by atoms with E-state index < -0.39 is 0 Å². The third kappa shape index (κ3) is 3.63. The molecule has 0 saturated carbocycles. The largest absolute Gasteiger partial charge is 0.340 e. The maximum atomic E-state index is 8.81. The highest BCUT2D eigenvalue weighted by Crippen LogP contribution is 2.10. The third-order valence-electron chi connectivity index (χ3n) is 2.88. The first-order valence-corrected chi connectivity index (χ1v) is 6.18. The van der Waals surface area contributed by atoms with Crippen LogP contribution in [0.4, 0.5) is 0 Å². The number of aromatic nitrogens is 2. The van der Waals surface area contributed by atoms with Gasteiger partial charge in [-0.15, -0.1) is 0 Å². The molecule has 2 rings (SSSR count). The smallest absolute Gasteiger partial charge is 0.223 e. The Morgan fingerprint density at radius 3 is 2.84 bits per heavy atom. The Morgan fingerprint density at radius 2 is 2.21 bits per heavy atom. The van der Waals surface area contributed by atoms with Crippen molar-refractivity contribution in [1.29, 1.82) is 5.26 Å². The third-order valence-corrected chi connectivity index (χ3v) is 2.88. The van der Waals surface area contributed by atoms with Gasteiger partial charge in [0, 0.05) is 26.4 Å². The van der Waals surface area contributed by atoms with Gasteiger partial charge in [-0.1, -0.05) is 11.2 Å². The molecule has 0 spiro atoms. The molecule has 1 heterocycles. The molecule has 0 bridgehead atoms. The summed E-state index contributed by atoms with van der Waals surface area (Å²) in [4.78, 5) is 4.14. The van der Waals surface area contributed by atoms with Crippen molar-refractivity contribution < 1.29 is 4.52 Å². The number of benzene rings is 1. The first-order chi connectivity index (χ1) is 9.19. The van der Waals surface area contributed by atoms with E-state index in [0.29, 0.717) is 11.5 Å². The van der Waals surface area contributed by atoms with Gasteiger partial charge < -0.3 is 9.84 Å². The van der Waals surface area contributed by atoms with Crippen LogP contribution in [0.15, 0.2) is 22.7 Å². The highest BCUT2D eigenvalue weighted by Gasteiger charge is 2.02. The Morgan fingerprint density at radius 1 is 1.37 bits per heavy atom. The summed E-state index contributed by atoms with van der Waals surface area (Å²) in [5.74, 6) is 1.32. The molecule has 1 aromatic heterocycles. The number of hydrogen-bond donors (Lipinski definition) is 1. The molecule has 19 heavy (non-hydrogen) atoms. The molecule has 1 N–H and O–H groups in total. The van der Waals surface area contributed by atoms with Crippen LogP contribution in [0, 0.1) is 25.2 Å². The van der Waals surface area contributed by atoms with Gasteiger partial charge in [-0.3, -0.25) is 0 Å². The quantitative estimate of drug-likeness (QED) is 0.827. The standard InChI is InChI=1S/C14H16N4O/c1-10-7-12(8-15)3-4-13(10)9-16-6-5-14-17-11(2)19-18-14/h3-4,7,16H,5-6,9H2,1-2H3. The molecular formula is C14H16N4O. The molecule has 1 aromatic carbocycles. The fraction of sp³-hybridized carbons (Fsp3) is 0.357. The molecule has 0 fully saturated rings. The summed E-state index contributed by atoms with van der Waals surface area (Å²) in [5.41, 5.74) is 3.02. The molecule has 5 heteroatoms. The molecule has 0 saturated heterocycles. The van der Waals surface area contributed by atoms with Gasteiger partial charge in [0.1, 0.15) is 0 Å². The van der Waals surface area contributed by atoms with Gasteiger partial charge in [-0.05, 0) is 30.2 Å². The van der Waals surface area contributed by atoms with E-state index in [1.807, 2.05) is 25.1 Å². The molecule has 0 aliphatic heterocycles. The normalized spacial score (nSPS) is 10.4. The average Bonchev–Trinajstić information content (AvgIpc) is 2.82. The Kier molecular flexibility index (Phi) is 4.26. The maximum absolute atomic E-state index is 8.81. The zero-order chi connectivity index (χ0) is 13.7. The predicted octanol–water partition coefficient (Wildman–Crippen LogP) is 1.89. The van der Waals surface area contributed by atoms with Gasteiger partial charge in [0.15, 0.2) is 5.82 Å². The number of hydrogen-bond acceptors (Lipinski definition) is 5. The van der Waals surface area contributed by atoms with Crippen LogP contribution < -0.4 is 5.32 Å². The van der Waals surface area contributed by atoms with Crippen LogP contribution in [0.2, 0.25) is 0 Å². The van der Waals surface area contributed by atoms with Gasteiger partial charge in [-0.2, -0.15) is 10.2 Å². The Bertz CT molecular complexity index is 598. The van der Waals surface area contributed by atoms with Gasteiger partial charge in [0.25, 0.3) is 0 Å². The summed E-state index contributed by atoms with van der Waals surface area (Å²) < 4.78 is 4.90. The van der Waals surface area contributed by atoms with E-state index in [2.05, 4.69) is 21.5 Å². The van der Waals surface area contributed by atoms with Crippen molar-refractivity contribution in [3.8, 4) is 6.07 Å². The first kappa shape index (κ1) is 13.2. The van der Waals surface area contributed by atoms with Crippen LogP contribution in [0.3, 0.4) is 0 Å². The summed E-state index contributed by atoms with van der Waals surface area (Å²) in [6.07, 6.45) is 0.743. The fourth-order valence-electron chi connectivity index (χ4n) is 1.83. The lowest BCUT2D eigenvalue weighted by Crippen LogP contribution is -2.17. The molecule has 98 valence electrons. The van der Waals surface area contributed by atoms with E-state index in [0.717, 1.165) is 30.9 Å². The van der Waals surface area contributed by atoms with E-state index in [4.69, 9.17) is 9.78 Å².